The standard InChI is InChI=1S/C8H10N4O/c9-7-6-1-2-12(3-4-13)8(6)11-5-10-7/h1-2,5,13H,3-4H2,(H2,9,10,11). The molecule has 0 aromatic carbocycles. The van der Waals surface area contributed by atoms with Gasteiger partial charge < -0.3 is 15.4 Å². The molecule has 13 heavy (non-hydrogen) atoms. The topological polar surface area (TPSA) is 77.0 Å². The van der Waals surface area contributed by atoms with Gasteiger partial charge in [0.05, 0.1) is 12.0 Å². The zero-order chi connectivity index (χ0) is 9.26. The predicted octanol–water partition coefficient (Wildman–Crippen LogP) is 0.00580. The molecule has 0 aliphatic heterocycles. The van der Waals surface area contributed by atoms with E-state index in [9.17, 15) is 0 Å². The highest BCUT2D eigenvalue weighted by Crippen LogP contribution is 2.16. The van der Waals surface area contributed by atoms with E-state index in [-0.39, 0.29) is 6.61 Å². The van der Waals surface area contributed by atoms with Gasteiger partial charge >= 0.3 is 0 Å². The van der Waals surface area contributed by atoms with Crippen LogP contribution in [0.5, 0.6) is 0 Å². The maximum absolute atomic E-state index is 8.77. The molecule has 2 aromatic heterocycles. The molecule has 0 atom stereocenters. The second-order valence-corrected chi connectivity index (χ2v) is 2.73. The molecule has 0 spiro atoms. The second kappa shape index (κ2) is 3.02. The average Bonchev–Trinajstić information content (AvgIpc) is 2.51. The Morgan fingerprint density at radius 1 is 1.46 bits per heavy atom. The van der Waals surface area contributed by atoms with Gasteiger partial charge in [-0.3, -0.25) is 0 Å². The van der Waals surface area contributed by atoms with Crippen LogP contribution >= 0.6 is 0 Å². The number of rotatable bonds is 2. The second-order valence-electron chi connectivity index (χ2n) is 2.73. The Morgan fingerprint density at radius 3 is 3.08 bits per heavy atom. The summed E-state index contributed by atoms with van der Waals surface area (Å²) in [6.45, 7) is 0.619. The minimum Gasteiger partial charge on any atom is -0.395 e. The fourth-order valence-electron chi connectivity index (χ4n) is 1.31. The lowest BCUT2D eigenvalue weighted by Gasteiger charge is -2.00. The summed E-state index contributed by atoms with van der Waals surface area (Å²) in [6, 6.07) is 1.85. The molecule has 0 fully saturated rings. The zero-order valence-electron chi connectivity index (χ0n) is 7.01. The van der Waals surface area contributed by atoms with Crippen LogP contribution in [0.25, 0.3) is 11.0 Å². The van der Waals surface area contributed by atoms with Crippen LogP contribution in [0.1, 0.15) is 0 Å². The minimum absolute atomic E-state index is 0.0910. The lowest BCUT2D eigenvalue weighted by Crippen LogP contribution is -2.02. The van der Waals surface area contributed by atoms with Crippen LogP contribution in [0.4, 0.5) is 5.82 Å². The number of nitrogens with two attached hydrogens (primary N) is 1. The van der Waals surface area contributed by atoms with E-state index in [2.05, 4.69) is 9.97 Å². The van der Waals surface area contributed by atoms with Crippen molar-refractivity contribution in [3.8, 4) is 0 Å². The van der Waals surface area contributed by atoms with Crippen LogP contribution in [-0.4, -0.2) is 26.2 Å². The molecule has 0 aliphatic carbocycles. The molecule has 0 saturated heterocycles. The zero-order valence-corrected chi connectivity index (χ0v) is 7.01. The quantitative estimate of drug-likeness (QED) is 0.678. The van der Waals surface area contributed by atoms with Gasteiger partial charge in [-0.15, -0.1) is 0 Å². The summed E-state index contributed by atoms with van der Waals surface area (Å²) in [6.07, 6.45) is 3.26. The van der Waals surface area contributed by atoms with E-state index in [0.717, 1.165) is 11.0 Å². The van der Waals surface area contributed by atoms with Crippen molar-refractivity contribution in [2.24, 2.45) is 0 Å². The van der Waals surface area contributed by atoms with Crippen molar-refractivity contribution >= 4 is 16.9 Å². The van der Waals surface area contributed by atoms with Gasteiger partial charge in [0.15, 0.2) is 0 Å². The molecule has 5 heteroatoms. The van der Waals surface area contributed by atoms with Crippen LogP contribution in [0.3, 0.4) is 0 Å². The van der Waals surface area contributed by atoms with Crippen molar-refractivity contribution in [1.82, 2.24) is 14.5 Å². The number of anilines is 1. The van der Waals surface area contributed by atoms with Crippen LogP contribution < -0.4 is 5.73 Å². The smallest absolute Gasteiger partial charge is 0.145 e. The van der Waals surface area contributed by atoms with Gasteiger partial charge in [-0.25, -0.2) is 9.97 Å². The van der Waals surface area contributed by atoms with E-state index in [0.29, 0.717) is 12.4 Å². The van der Waals surface area contributed by atoms with Gasteiger partial charge in [0.25, 0.3) is 0 Å². The first-order valence-corrected chi connectivity index (χ1v) is 3.99. The SMILES string of the molecule is Nc1ncnc2c1ccn2CCO. The summed E-state index contributed by atoms with van der Waals surface area (Å²) in [5, 5.41) is 9.60. The first kappa shape index (κ1) is 8.00. The van der Waals surface area contributed by atoms with E-state index in [1.165, 1.54) is 6.33 Å². The summed E-state index contributed by atoms with van der Waals surface area (Å²) in [4.78, 5) is 7.95. The minimum atomic E-state index is 0.0910. The molecular weight excluding hydrogens is 168 g/mol. The van der Waals surface area contributed by atoms with Crippen LogP contribution in [0, 0.1) is 0 Å². The third kappa shape index (κ3) is 1.23. The first-order valence-electron chi connectivity index (χ1n) is 3.99. The molecule has 0 aliphatic rings. The number of aliphatic hydroxyl groups excluding tert-OH is 1. The number of nitrogen functional groups attached to an aromatic ring is 1. The van der Waals surface area contributed by atoms with E-state index in [1.54, 1.807) is 0 Å². The number of hydrogen-bond acceptors (Lipinski definition) is 4. The van der Waals surface area contributed by atoms with Crippen molar-refractivity contribution < 1.29 is 5.11 Å². The van der Waals surface area contributed by atoms with Crippen LogP contribution in [0.15, 0.2) is 18.6 Å². The van der Waals surface area contributed by atoms with Gasteiger partial charge in [-0.2, -0.15) is 0 Å². The van der Waals surface area contributed by atoms with Gasteiger partial charge in [-0.05, 0) is 6.07 Å². The Bertz CT molecular complexity index is 423. The number of aliphatic hydroxyl groups is 1. The van der Waals surface area contributed by atoms with Crippen molar-refractivity contribution in [3.63, 3.8) is 0 Å². The Hall–Kier alpha value is -1.62. The molecule has 68 valence electrons. The Morgan fingerprint density at radius 2 is 2.31 bits per heavy atom. The Balaban J connectivity index is 2.61. The molecule has 2 aromatic rings. The Kier molecular flexibility index (Phi) is 1.86. The van der Waals surface area contributed by atoms with Gasteiger partial charge in [0, 0.05) is 12.7 Å². The lowest BCUT2D eigenvalue weighted by molar-refractivity contribution is 0.278. The number of hydrogen-bond donors (Lipinski definition) is 2. The Labute approximate surface area is 74.8 Å². The average molecular weight is 178 g/mol. The summed E-state index contributed by atoms with van der Waals surface area (Å²) < 4.78 is 1.84. The molecular formula is C8H10N4O. The first-order chi connectivity index (χ1) is 6.33. The molecule has 2 heterocycles. The van der Waals surface area contributed by atoms with Gasteiger partial charge in [0.2, 0.25) is 0 Å². The van der Waals surface area contributed by atoms with Crippen molar-refractivity contribution in [3.05, 3.63) is 18.6 Å². The third-order valence-electron chi connectivity index (χ3n) is 1.93. The van der Waals surface area contributed by atoms with Gasteiger partial charge in [-0.1, -0.05) is 0 Å². The molecule has 0 bridgehead atoms. The highest BCUT2D eigenvalue weighted by molar-refractivity contribution is 5.85. The van der Waals surface area contributed by atoms with Crippen LogP contribution in [-0.2, 0) is 6.54 Å². The highest BCUT2D eigenvalue weighted by atomic mass is 16.3. The highest BCUT2D eigenvalue weighted by Gasteiger charge is 2.04. The fourth-order valence-corrected chi connectivity index (χ4v) is 1.31. The normalized spacial score (nSPS) is 10.8. The fraction of sp³-hybridized carbons (Fsp3) is 0.250. The summed E-state index contributed by atoms with van der Waals surface area (Å²) >= 11 is 0. The molecule has 0 radical (unpaired) electrons. The third-order valence-corrected chi connectivity index (χ3v) is 1.93. The molecule has 0 unspecified atom stereocenters. The number of nitrogens with zero attached hydrogens (tertiary/aromatic N) is 3. The maximum Gasteiger partial charge on any atom is 0.145 e. The van der Waals surface area contributed by atoms with Crippen LogP contribution in [0.2, 0.25) is 0 Å². The molecule has 3 N–H and O–H groups in total. The van der Waals surface area contributed by atoms with Gasteiger partial charge in [0.1, 0.15) is 17.8 Å². The van der Waals surface area contributed by atoms with E-state index < -0.39 is 0 Å². The molecule has 0 amide bonds. The van der Waals surface area contributed by atoms with Crippen molar-refractivity contribution in [2.45, 2.75) is 6.54 Å². The summed E-state index contributed by atoms with van der Waals surface area (Å²) in [7, 11) is 0. The number of aromatic nitrogens is 3. The predicted molar refractivity (Wildman–Crippen MR) is 49.0 cm³/mol. The molecule has 2 rings (SSSR count). The number of fused-ring (bicyclic) bond motifs is 1. The van der Waals surface area contributed by atoms with E-state index >= 15 is 0 Å². The largest absolute Gasteiger partial charge is 0.395 e. The molecule has 5 nitrogen and oxygen atoms in total. The van der Waals surface area contributed by atoms with E-state index in [4.69, 9.17) is 10.8 Å². The summed E-state index contributed by atoms with van der Waals surface area (Å²) in [5.74, 6) is 0.474. The lowest BCUT2D eigenvalue weighted by atomic mass is 10.4. The maximum atomic E-state index is 8.77. The van der Waals surface area contributed by atoms with E-state index in [1.807, 2.05) is 16.8 Å². The van der Waals surface area contributed by atoms with Crippen molar-refractivity contribution in [2.75, 3.05) is 12.3 Å². The van der Waals surface area contributed by atoms with Crippen molar-refractivity contribution in [1.29, 1.82) is 0 Å². The molecule has 0 saturated carbocycles. The monoisotopic (exact) mass is 178 g/mol. The summed E-state index contributed by atoms with van der Waals surface area (Å²) in [5.41, 5.74) is 6.40.